The van der Waals surface area contributed by atoms with Crippen molar-refractivity contribution in [3.05, 3.63) is 53.1 Å². The second-order valence-electron chi connectivity index (χ2n) is 8.17. The maximum Gasteiger partial charge on any atom is 0.295 e. The molecule has 0 aromatic heterocycles. The lowest BCUT2D eigenvalue weighted by molar-refractivity contribution is -0.140. The Morgan fingerprint density at radius 1 is 0.944 bits per heavy atom. The molecule has 0 unspecified atom stereocenters. The number of unbranched alkanes of at least 4 members (excludes halogenated alkanes) is 1. The first-order valence-corrected chi connectivity index (χ1v) is 11.7. The maximum absolute atomic E-state index is 13.2. The molecule has 2 aromatic carbocycles. The summed E-state index contributed by atoms with van der Waals surface area (Å²) in [5.74, 6) is -0.0573. The van der Waals surface area contributed by atoms with Crippen LogP contribution >= 0.6 is 0 Å². The van der Waals surface area contributed by atoms with Crippen molar-refractivity contribution in [3.63, 3.8) is 0 Å². The van der Waals surface area contributed by atoms with Crippen molar-refractivity contribution >= 4 is 17.4 Å². The van der Waals surface area contributed by atoms with Crippen molar-refractivity contribution in [2.75, 3.05) is 48.2 Å². The Balaban J connectivity index is 2.13. The van der Waals surface area contributed by atoms with Crippen molar-refractivity contribution in [2.45, 2.75) is 25.8 Å². The van der Waals surface area contributed by atoms with E-state index in [2.05, 4.69) is 6.92 Å². The Hall–Kier alpha value is -3.72. The normalized spacial score (nSPS) is 16.8. The van der Waals surface area contributed by atoms with E-state index in [9.17, 15) is 14.7 Å². The maximum atomic E-state index is 13.2. The standard InChI is InChI=1S/C27H33NO8/c1-6-7-13-36-19-10-8-17(9-11-19)24(29)22-23(28(12-14-32-2)27(31)25(22)30)18-15-20(33-3)26(35-5)21(16-18)34-4/h8-11,15-16,23,29H,6-7,12-14H2,1-5H3/b24-22+/t23-/m0/s1. The van der Waals surface area contributed by atoms with Crippen molar-refractivity contribution in [2.24, 2.45) is 0 Å². The lowest BCUT2D eigenvalue weighted by Crippen LogP contribution is -2.32. The Morgan fingerprint density at radius 2 is 1.58 bits per heavy atom. The highest BCUT2D eigenvalue weighted by Gasteiger charge is 2.46. The number of nitrogens with zero attached hydrogens (tertiary/aromatic N) is 1. The van der Waals surface area contributed by atoms with Gasteiger partial charge in [0.1, 0.15) is 11.5 Å². The highest BCUT2D eigenvalue weighted by atomic mass is 16.5. The molecule has 1 fully saturated rings. The summed E-state index contributed by atoms with van der Waals surface area (Å²) in [6.07, 6.45) is 1.95. The highest BCUT2D eigenvalue weighted by Crippen LogP contribution is 2.45. The molecule has 0 radical (unpaired) electrons. The van der Waals surface area contributed by atoms with Crippen LogP contribution in [0, 0.1) is 0 Å². The van der Waals surface area contributed by atoms with Crippen LogP contribution in [-0.4, -0.2) is 69.9 Å². The predicted molar refractivity (Wildman–Crippen MR) is 134 cm³/mol. The molecule has 1 atom stereocenters. The summed E-state index contributed by atoms with van der Waals surface area (Å²) in [4.78, 5) is 27.6. The van der Waals surface area contributed by atoms with E-state index in [-0.39, 0.29) is 24.5 Å². The summed E-state index contributed by atoms with van der Waals surface area (Å²) < 4.78 is 27.2. The molecule has 0 spiro atoms. The van der Waals surface area contributed by atoms with Gasteiger partial charge in [0.05, 0.1) is 46.2 Å². The van der Waals surface area contributed by atoms with Crippen LogP contribution in [0.5, 0.6) is 23.0 Å². The smallest absolute Gasteiger partial charge is 0.295 e. The van der Waals surface area contributed by atoms with E-state index >= 15 is 0 Å². The van der Waals surface area contributed by atoms with Crippen LogP contribution < -0.4 is 18.9 Å². The molecule has 1 aliphatic rings. The fraction of sp³-hybridized carbons (Fsp3) is 0.407. The molecule has 0 bridgehead atoms. The number of aliphatic hydroxyl groups is 1. The van der Waals surface area contributed by atoms with Gasteiger partial charge in [0.25, 0.3) is 11.7 Å². The number of carbonyl (C=O) groups excluding carboxylic acids is 2. The van der Waals surface area contributed by atoms with Crippen LogP contribution in [0.3, 0.4) is 0 Å². The van der Waals surface area contributed by atoms with E-state index in [1.54, 1.807) is 36.4 Å². The molecule has 9 nitrogen and oxygen atoms in total. The van der Waals surface area contributed by atoms with Gasteiger partial charge >= 0.3 is 0 Å². The number of likely N-dealkylation sites (tertiary alicyclic amines) is 1. The Morgan fingerprint density at radius 3 is 2.11 bits per heavy atom. The topological polar surface area (TPSA) is 104 Å². The first kappa shape index (κ1) is 26.9. The summed E-state index contributed by atoms with van der Waals surface area (Å²) in [5, 5.41) is 11.3. The summed E-state index contributed by atoms with van der Waals surface area (Å²) in [6.45, 7) is 3.02. The van der Waals surface area contributed by atoms with Gasteiger partial charge in [-0.3, -0.25) is 9.59 Å². The number of carbonyl (C=O) groups is 2. The number of benzene rings is 2. The Kier molecular flexibility index (Phi) is 9.19. The number of amides is 1. The molecule has 3 rings (SSSR count). The number of methoxy groups -OCH3 is 4. The van der Waals surface area contributed by atoms with Crippen molar-refractivity contribution in [1.29, 1.82) is 0 Å². The fourth-order valence-corrected chi connectivity index (χ4v) is 4.10. The van der Waals surface area contributed by atoms with E-state index in [1.807, 2.05) is 0 Å². The minimum atomic E-state index is -0.894. The number of rotatable bonds is 12. The van der Waals surface area contributed by atoms with Gasteiger partial charge in [-0.2, -0.15) is 0 Å². The SMILES string of the molecule is CCCCOc1ccc(/C(O)=C2\C(=O)C(=O)N(CCOC)[C@H]2c2cc(OC)c(OC)c(OC)c2)cc1. The number of ether oxygens (including phenoxy) is 5. The van der Waals surface area contributed by atoms with E-state index in [0.29, 0.717) is 40.7 Å². The Bertz CT molecular complexity index is 1080. The van der Waals surface area contributed by atoms with Crippen LogP contribution in [0.25, 0.3) is 5.76 Å². The van der Waals surface area contributed by atoms with Crippen LogP contribution in [0.15, 0.2) is 42.0 Å². The van der Waals surface area contributed by atoms with Gasteiger partial charge in [0.15, 0.2) is 11.5 Å². The summed E-state index contributed by atoms with van der Waals surface area (Å²) >= 11 is 0. The van der Waals surface area contributed by atoms with Gasteiger partial charge in [-0.05, 0) is 48.4 Å². The van der Waals surface area contributed by atoms with Crippen LogP contribution in [0.2, 0.25) is 0 Å². The van der Waals surface area contributed by atoms with Crippen LogP contribution in [0.1, 0.15) is 36.9 Å². The molecular formula is C27H33NO8. The van der Waals surface area contributed by atoms with Gasteiger partial charge in [0.2, 0.25) is 5.75 Å². The van der Waals surface area contributed by atoms with Crippen molar-refractivity contribution < 1.29 is 38.4 Å². The van der Waals surface area contributed by atoms with Gasteiger partial charge < -0.3 is 33.7 Å². The molecule has 1 N–H and O–H groups in total. The summed E-state index contributed by atoms with van der Waals surface area (Å²) in [7, 11) is 5.95. The molecule has 194 valence electrons. The zero-order valence-electron chi connectivity index (χ0n) is 21.3. The molecule has 36 heavy (non-hydrogen) atoms. The van der Waals surface area contributed by atoms with Gasteiger partial charge in [-0.15, -0.1) is 0 Å². The van der Waals surface area contributed by atoms with Crippen molar-refractivity contribution in [1.82, 2.24) is 4.90 Å². The summed E-state index contributed by atoms with van der Waals surface area (Å²) in [6, 6.07) is 9.19. The van der Waals surface area contributed by atoms with Gasteiger partial charge in [-0.1, -0.05) is 13.3 Å². The molecule has 1 saturated heterocycles. The summed E-state index contributed by atoms with van der Waals surface area (Å²) in [5.41, 5.74) is 0.867. The molecule has 1 amide bonds. The molecular weight excluding hydrogens is 466 g/mol. The second-order valence-corrected chi connectivity index (χ2v) is 8.17. The van der Waals surface area contributed by atoms with E-state index in [0.717, 1.165) is 12.8 Å². The van der Waals surface area contributed by atoms with E-state index < -0.39 is 17.7 Å². The molecule has 9 heteroatoms. The van der Waals surface area contributed by atoms with Gasteiger partial charge in [-0.25, -0.2) is 0 Å². The predicted octanol–water partition coefficient (Wildman–Crippen LogP) is 3.96. The average molecular weight is 500 g/mol. The van der Waals surface area contributed by atoms with Crippen molar-refractivity contribution in [3.8, 4) is 23.0 Å². The number of ketones is 1. The number of hydrogen-bond donors (Lipinski definition) is 1. The van der Waals surface area contributed by atoms with E-state index in [1.165, 1.54) is 33.3 Å². The minimum absolute atomic E-state index is 0.0370. The quantitative estimate of drug-likeness (QED) is 0.203. The third-order valence-electron chi connectivity index (χ3n) is 5.97. The lowest BCUT2D eigenvalue weighted by atomic mass is 9.94. The molecule has 2 aromatic rings. The molecule has 1 heterocycles. The van der Waals surface area contributed by atoms with Crippen LogP contribution in [-0.2, 0) is 14.3 Å². The Labute approximate surface area is 211 Å². The number of hydrogen-bond acceptors (Lipinski definition) is 8. The molecule has 0 aliphatic carbocycles. The number of aliphatic hydroxyl groups excluding tert-OH is 1. The van der Waals surface area contributed by atoms with Gasteiger partial charge in [0, 0.05) is 19.2 Å². The highest BCUT2D eigenvalue weighted by molar-refractivity contribution is 6.46. The lowest BCUT2D eigenvalue weighted by Gasteiger charge is -2.26. The third kappa shape index (κ3) is 5.41. The zero-order valence-corrected chi connectivity index (χ0v) is 21.3. The molecule has 1 aliphatic heterocycles. The number of Topliss-reactive ketones (excluding diaryl/α,β-unsaturated/α-hetero) is 1. The molecule has 0 saturated carbocycles. The average Bonchev–Trinajstić information content (AvgIpc) is 3.15. The zero-order chi connectivity index (χ0) is 26.2. The fourth-order valence-electron chi connectivity index (χ4n) is 4.10. The second kappa shape index (κ2) is 12.3. The monoisotopic (exact) mass is 499 g/mol. The third-order valence-corrected chi connectivity index (χ3v) is 5.97. The minimum Gasteiger partial charge on any atom is -0.507 e. The van der Waals surface area contributed by atoms with Crippen LogP contribution in [0.4, 0.5) is 0 Å². The van der Waals surface area contributed by atoms with E-state index in [4.69, 9.17) is 23.7 Å². The largest absolute Gasteiger partial charge is 0.507 e. The first-order valence-electron chi connectivity index (χ1n) is 11.7. The first-order chi connectivity index (χ1) is 17.4.